The fraction of sp³-hybridized carbons (Fsp3) is 0.529. The van der Waals surface area contributed by atoms with Gasteiger partial charge >= 0.3 is 0 Å². The van der Waals surface area contributed by atoms with Crippen molar-refractivity contribution in [3.8, 4) is 6.07 Å². The molecular weight excluding hydrogens is 248 g/mol. The number of carbonyl (C=O) groups excluding carboxylic acids is 1. The number of nitriles is 1. The van der Waals surface area contributed by atoms with E-state index in [0.29, 0.717) is 0 Å². The topological polar surface area (TPSA) is 44.1 Å². The van der Waals surface area contributed by atoms with Gasteiger partial charge in [-0.2, -0.15) is 5.26 Å². The lowest BCUT2D eigenvalue weighted by atomic mass is 9.99. The molecule has 3 heteroatoms. The maximum Gasteiger partial charge on any atom is 0.243 e. The van der Waals surface area contributed by atoms with Crippen molar-refractivity contribution in [2.24, 2.45) is 11.3 Å². The molecule has 1 aromatic carbocycles. The van der Waals surface area contributed by atoms with Crippen LogP contribution in [0.1, 0.15) is 31.2 Å². The highest BCUT2D eigenvalue weighted by Gasteiger charge is 2.61. The van der Waals surface area contributed by atoms with E-state index in [0.717, 1.165) is 45.2 Å². The molecule has 1 aliphatic heterocycles. The molecule has 2 fully saturated rings. The van der Waals surface area contributed by atoms with Crippen LogP contribution in [0.2, 0.25) is 0 Å². The number of rotatable bonds is 4. The lowest BCUT2D eigenvalue weighted by molar-refractivity contribution is -0.134. The predicted molar refractivity (Wildman–Crippen MR) is 76.7 cm³/mol. The smallest absolute Gasteiger partial charge is 0.243 e. The van der Waals surface area contributed by atoms with E-state index >= 15 is 0 Å². The molecule has 3 nitrogen and oxygen atoms in total. The second-order valence-corrected chi connectivity index (χ2v) is 6.01. The van der Waals surface area contributed by atoms with Crippen LogP contribution < -0.4 is 0 Å². The van der Waals surface area contributed by atoms with Crippen LogP contribution in [-0.2, 0) is 11.2 Å². The molecule has 1 saturated carbocycles. The van der Waals surface area contributed by atoms with Gasteiger partial charge in [-0.1, -0.05) is 30.3 Å². The molecule has 104 valence electrons. The molecular formula is C17H20N2O. The first-order chi connectivity index (χ1) is 9.76. The van der Waals surface area contributed by atoms with Crippen LogP contribution in [0.25, 0.3) is 0 Å². The average molecular weight is 268 g/mol. The molecule has 0 N–H and O–H groups in total. The van der Waals surface area contributed by atoms with Crippen LogP contribution in [-0.4, -0.2) is 23.9 Å². The van der Waals surface area contributed by atoms with E-state index in [4.69, 9.17) is 0 Å². The second kappa shape index (κ2) is 5.28. The van der Waals surface area contributed by atoms with E-state index in [-0.39, 0.29) is 11.8 Å². The first-order valence-corrected chi connectivity index (χ1v) is 7.51. The molecule has 1 saturated heterocycles. The van der Waals surface area contributed by atoms with Gasteiger partial charge in [0.15, 0.2) is 0 Å². The molecule has 0 bridgehead atoms. The summed E-state index contributed by atoms with van der Waals surface area (Å²) in [5.74, 6) is 0.344. The van der Waals surface area contributed by atoms with E-state index in [1.165, 1.54) is 5.56 Å². The molecule has 1 amide bonds. The Hall–Kier alpha value is -1.82. The van der Waals surface area contributed by atoms with Crippen LogP contribution in [0.3, 0.4) is 0 Å². The van der Waals surface area contributed by atoms with Crippen molar-refractivity contribution >= 4 is 5.91 Å². The van der Waals surface area contributed by atoms with E-state index in [9.17, 15) is 10.1 Å². The molecule has 0 aromatic heterocycles. The minimum absolute atomic E-state index is 0.0931. The van der Waals surface area contributed by atoms with Crippen LogP contribution in [0, 0.1) is 22.7 Å². The largest absolute Gasteiger partial charge is 0.341 e. The lowest BCUT2D eigenvalue weighted by Gasteiger charge is -2.19. The molecule has 1 aromatic rings. The molecule has 3 rings (SSSR count). The fourth-order valence-corrected chi connectivity index (χ4v) is 3.31. The van der Waals surface area contributed by atoms with Crippen LogP contribution in [0.5, 0.6) is 0 Å². The maximum absolute atomic E-state index is 12.5. The van der Waals surface area contributed by atoms with Crippen LogP contribution in [0.15, 0.2) is 30.3 Å². The average Bonchev–Trinajstić information content (AvgIpc) is 2.94. The maximum atomic E-state index is 12.5. The zero-order valence-corrected chi connectivity index (χ0v) is 11.7. The Labute approximate surface area is 120 Å². The Morgan fingerprint density at radius 2 is 2.00 bits per heavy atom. The number of aryl methyl sites for hydroxylation is 1. The Morgan fingerprint density at radius 3 is 2.65 bits per heavy atom. The van der Waals surface area contributed by atoms with Gasteiger partial charge < -0.3 is 4.90 Å². The molecule has 2 atom stereocenters. The number of likely N-dealkylation sites (tertiary alicyclic amines) is 1. The molecule has 2 aliphatic rings. The summed E-state index contributed by atoms with van der Waals surface area (Å²) in [5.41, 5.74) is 0.596. The van der Waals surface area contributed by atoms with Gasteiger partial charge in [0.05, 0.1) is 6.07 Å². The summed E-state index contributed by atoms with van der Waals surface area (Å²) >= 11 is 0. The first kappa shape index (κ1) is 13.2. The molecule has 20 heavy (non-hydrogen) atoms. The van der Waals surface area contributed by atoms with Crippen LogP contribution >= 0.6 is 0 Å². The summed E-state index contributed by atoms with van der Waals surface area (Å²) in [7, 11) is 0. The first-order valence-electron chi connectivity index (χ1n) is 7.51. The third kappa shape index (κ3) is 2.31. The van der Waals surface area contributed by atoms with E-state index in [1.807, 2.05) is 23.1 Å². The number of amides is 1. The Morgan fingerprint density at radius 1 is 1.30 bits per heavy atom. The van der Waals surface area contributed by atoms with E-state index in [2.05, 4.69) is 18.2 Å². The van der Waals surface area contributed by atoms with Crippen LogP contribution in [0.4, 0.5) is 0 Å². The molecule has 0 spiro atoms. The molecule has 1 aliphatic carbocycles. The zero-order valence-electron chi connectivity index (χ0n) is 11.7. The van der Waals surface area contributed by atoms with E-state index < -0.39 is 5.41 Å². The molecule has 1 heterocycles. The second-order valence-electron chi connectivity index (χ2n) is 6.01. The van der Waals surface area contributed by atoms with Crippen molar-refractivity contribution in [1.29, 1.82) is 5.26 Å². The summed E-state index contributed by atoms with van der Waals surface area (Å²) in [4.78, 5) is 14.4. The minimum atomic E-state index is -0.695. The quantitative estimate of drug-likeness (QED) is 0.842. The Bertz CT molecular complexity index is 528. The third-order valence-corrected chi connectivity index (χ3v) is 4.70. The van der Waals surface area contributed by atoms with Gasteiger partial charge in [0.1, 0.15) is 5.41 Å². The Kier molecular flexibility index (Phi) is 3.48. The van der Waals surface area contributed by atoms with Gasteiger partial charge in [0, 0.05) is 13.1 Å². The predicted octanol–water partition coefficient (Wildman–Crippen LogP) is 2.77. The summed E-state index contributed by atoms with van der Waals surface area (Å²) in [6, 6.07) is 12.6. The van der Waals surface area contributed by atoms with E-state index in [1.54, 1.807) is 0 Å². The zero-order chi connectivity index (χ0) is 14.0. The van der Waals surface area contributed by atoms with Gasteiger partial charge in [-0.05, 0) is 43.6 Å². The van der Waals surface area contributed by atoms with Gasteiger partial charge in [-0.15, -0.1) is 0 Å². The monoisotopic (exact) mass is 268 g/mol. The van der Waals surface area contributed by atoms with Gasteiger partial charge in [0.2, 0.25) is 5.91 Å². The SMILES string of the molecule is N#C[C@]1(C(=O)N2CCCC2)C[C@@H]1CCc1ccccc1. The van der Waals surface area contributed by atoms with Gasteiger partial charge in [-0.25, -0.2) is 0 Å². The standard InChI is InChI=1S/C17H20N2O/c18-13-17(16(20)19-10-4-5-11-19)12-15(17)9-8-14-6-2-1-3-7-14/h1-3,6-7,15H,4-5,8-12H2/t15-,17+/m0/s1. The van der Waals surface area contributed by atoms with Crippen molar-refractivity contribution in [2.45, 2.75) is 32.1 Å². The summed E-state index contributed by atoms with van der Waals surface area (Å²) < 4.78 is 0. The molecule has 0 unspecified atom stereocenters. The minimum Gasteiger partial charge on any atom is -0.341 e. The number of hydrogen-bond donors (Lipinski definition) is 0. The highest BCUT2D eigenvalue weighted by Crippen LogP contribution is 2.55. The lowest BCUT2D eigenvalue weighted by Crippen LogP contribution is -2.35. The Balaban J connectivity index is 1.60. The molecule has 0 radical (unpaired) electrons. The normalized spacial score (nSPS) is 28.1. The third-order valence-electron chi connectivity index (χ3n) is 4.70. The van der Waals surface area contributed by atoms with Crippen molar-refractivity contribution < 1.29 is 4.79 Å². The van der Waals surface area contributed by atoms with Crippen molar-refractivity contribution in [1.82, 2.24) is 4.90 Å². The summed E-state index contributed by atoms with van der Waals surface area (Å²) in [6.07, 6.45) is 4.83. The fourth-order valence-electron chi connectivity index (χ4n) is 3.31. The highest BCUT2D eigenvalue weighted by molar-refractivity contribution is 5.89. The number of hydrogen-bond acceptors (Lipinski definition) is 2. The highest BCUT2D eigenvalue weighted by atomic mass is 16.2. The number of nitrogens with zero attached hydrogens (tertiary/aromatic N) is 2. The summed E-state index contributed by atoms with van der Waals surface area (Å²) in [5, 5.41) is 9.46. The number of benzene rings is 1. The van der Waals surface area contributed by atoms with Gasteiger partial charge in [0.25, 0.3) is 0 Å². The van der Waals surface area contributed by atoms with Crippen molar-refractivity contribution in [3.05, 3.63) is 35.9 Å². The summed E-state index contributed by atoms with van der Waals surface area (Å²) in [6.45, 7) is 1.68. The van der Waals surface area contributed by atoms with Crippen molar-refractivity contribution in [3.63, 3.8) is 0 Å². The van der Waals surface area contributed by atoms with Gasteiger partial charge in [-0.3, -0.25) is 4.79 Å². The number of carbonyl (C=O) groups is 1. The van der Waals surface area contributed by atoms with Crippen molar-refractivity contribution in [2.75, 3.05) is 13.1 Å².